The molecule has 94 valence electrons. The van der Waals surface area contributed by atoms with Crippen molar-refractivity contribution in [3.05, 3.63) is 29.8 Å². The Kier molecular flexibility index (Phi) is 4.97. The zero-order valence-corrected chi connectivity index (χ0v) is 10.9. The molecule has 0 bridgehead atoms. The number of benzene rings is 1. The van der Waals surface area contributed by atoms with Crippen LogP contribution in [0, 0.1) is 5.41 Å². The van der Waals surface area contributed by atoms with E-state index >= 15 is 0 Å². The first-order chi connectivity index (χ1) is 7.99. The van der Waals surface area contributed by atoms with Crippen molar-refractivity contribution in [2.24, 2.45) is 5.41 Å². The number of amides is 1. The smallest absolute Gasteiger partial charge is 0.231 e. The van der Waals surface area contributed by atoms with Crippen molar-refractivity contribution in [2.75, 3.05) is 17.8 Å². The summed E-state index contributed by atoms with van der Waals surface area (Å²) in [5.74, 6) is 0.184. The molecule has 0 aliphatic carbocycles. The van der Waals surface area contributed by atoms with Crippen molar-refractivity contribution in [3.8, 4) is 0 Å². The van der Waals surface area contributed by atoms with Crippen LogP contribution in [0.4, 0.5) is 5.69 Å². The molecule has 3 nitrogen and oxygen atoms in total. The summed E-state index contributed by atoms with van der Waals surface area (Å²) in [5.41, 5.74) is 1.21. The van der Waals surface area contributed by atoms with Crippen LogP contribution in [0.1, 0.15) is 19.4 Å². The normalized spacial score (nSPS) is 11.3. The van der Waals surface area contributed by atoms with Crippen LogP contribution in [0.3, 0.4) is 0 Å². The van der Waals surface area contributed by atoms with Crippen LogP contribution >= 0.6 is 11.6 Å². The standard InChI is InChI=1S/C13H18ClNO2/c1-13(2,9-14)12(17)15-11-5-3-10(4-6-11)7-8-16/h3-6,16H,7-9H2,1-2H3,(H,15,17). The van der Waals surface area contributed by atoms with E-state index in [0.29, 0.717) is 6.42 Å². The highest BCUT2D eigenvalue weighted by Gasteiger charge is 2.26. The Bertz CT molecular complexity index is 374. The van der Waals surface area contributed by atoms with Crippen molar-refractivity contribution in [1.82, 2.24) is 0 Å². The maximum absolute atomic E-state index is 11.8. The molecule has 4 heteroatoms. The molecule has 0 saturated heterocycles. The maximum Gasteiger partial charge on any atom is 0.231 e. The van der Waals surface area contributed by atoms with E-state index in [1.165, 1.54) is 0 Å². The molecule has 0 aliphatic rings. The van der Waals surface area contributed by atoms with Gasteiger partial charge in [-0.15, -0.1) is 11.6 Å². The molecule has 1 rings (SSSR count). The van der Waals surface area contributed by atoms with E-state index in [4.69, 9.17) is 16.7 Å². The molecule has 0 fully saturated rings. The highest BCUT2D eigenvalue weighted by Crippen LogP contribution is 2.20. The molecule has 1 aromatic carbocycles. The lowest BCUT2D eigenvalue weighted by Gasteiger charge is -2.20. The first-order valence-corrected chi connectivity index (χ1v) is 6.10. The van der Waals surface area contributed by atoms with Gasteiger partial charge in [-0.2, -0.15) is 0 Å². The van der Waals surface area contributed by atoms with Crippen LogP contribution in [0.15, 0.2) is 24.3 Å². The van der Waals surface area contributed by atoms with Gasteiger partial charge in [0, 0.05) is 18.2 Å². The number of anilines is 1. The zero-order valence-electron chi connectivity index (χ0n) is 10.2. The lowest BCUT2D eigenvalue weighted by molar-refractivity contribution is -0.122. The third-order valence-electron chi connectivity index (χ3n) is 2.56. The highest BCUT2D eigenvalue weighted by atomic mass is 35.5. The molecule has 0 heterocycles. The van der Waals surface area contributed by atoms with E-state index in [0.717, 1.165) is 11.3 Å². The molecule has 2 N–H and O–H groups in total. The molecule has 17 heavy (non-hydrogen) atoms. The second-order valence-corrected chi connectivity index (χ2v) is 4.91. The van der Waals surface area contributed by atoms with Crippen LogP contribution in [0.5, 0.6) is 0 Å². The van der Waals surface area contributed by atoms with Crippen molar-refractivity contribution in [3.63, 3.8) is 0 Å². The van der Waals surface area contributed by atoms with Gasteiger partial charge in [0.15, 0.2) is 0 Å². The Morgan fingerprint density at radius 3 is 2.41 bits per heavy atom. The summed E-state index contributed by atoms with van der Waals surface area (Å²) < 4.78 is 0. The zero-order chi connectivity index (χ0) is 12.9. The Morgan fingerprint density at radius 2 is 1.94 bits per heavy atom. The van der Waals surface area contributed by atoms with E-state index in [1.807, 2.05) is 24.3 Å². The molecule has 0 spiro atoms. The molecule has 0 aromatic heterocycles. The number of rotatable bonds is 5. The van der Waals surface area contributed by atoms with Gasteiger partial charge in [0.25, 0.3) is 0 Å². The fraction of sp³-hybridized carbons (Fsp3) is 0.462. The number of nitrogens with one attached hydrogen (secondary N) is 1. The van der Waals surface area contributed by atoms with Gasteiger partial charge < -0.3 is 10.4 Å². The number of carbonyl (C=O) groups excluding carboxylic acids is 1. The lowest BCUT2D eigenvalue weighted by Crippen LogP contribution is -2.32. The van der Waals surface area contributed by atoms with Gasteiger partial charge in [0.05, 0.1) is 5.41 Å². The van der Waals surface area contributed by atoms with Crippen LogP contribution in [-0.4, -0.2) is 23.5 Å². The second kappa shape index (κ2) is 6.03. The molecule has 0 atom stereocenters. The molecular formula is C13H18ClNO2. The molecule has 1 amide bonds. The SMILES string of the molecule is CC(C)(CCl)C(=O)Nc1ccc(CCO)cc1. The van der Waals surface area contributed by atoms with Crippen molar-refractivity contribution in [2.45, 2.75) is 20.3 Å². The van der Waals surface area contributed by atoms with Gasteiger partial charge in [-0.3, -0.25) is 4.79 Å². The predicted molar refractivity (Wildman–Crippen MR) is 70.4 cm³/mol. The number of hydrogen-bond donors (Lipinski definition) is 2. The largest absolute Gasteiger partial charge is 0.396 e. The van der Waals surface area contributed by atoms with Gasteiger partial charge in [0.2, 0.25) is 5.91 Å². The second-order valence-electron chi connectivity index (χ2n) is 4.64. The van der Waals surface area contributed by atoms with Gasteiger partial charge in [-0.1, -0.05) is 12.1 Å². The van der Waals surface area contributed by atoms with E-state index in [-0.39, 0.29) is 18.4 Å². The average molecular weight is 256 g/mol. The molecule has 0 saturated carbocycles. The van der Waals surface area contributed by atoms with E-state index < -0.39 is 5.41 Å². The fourth-order valence-corrected chi connectivity index (χ4v) is 1.37. The van der Waals surface area contributed by atoms with Gasteiger partial charge in [0.1, 0.15) is 0 Å². The number of alkyl halides is 1. The van der Waals surface area contributed by atoms with Crippen LogP contribution in [-0.2, 0) is 11.2 Å². The van der Waals surface area contributed by atoms with E-state index in [1.54, 1.807) is 13.8 Å². The summed E-state index contributed by atoms with van der Waals surface area (Å²) in [4.78, 5) is 11.8. The van der Waals surface area contributed by atoms with Crippen molar-refractivity contribution >= 4 is 23.2 Å². The molecule has 0 unspecified atom stereocenters. The summed E-state index contributed by atoms with van der Waals surface area (Å²) in [6.45, 7) is 3.73. The van der Waals surface area contributed by atoms with Gasteiger partial charge in [-0.25, -0.2) is 0 Å². The molecule has 0 radical (unpaired) electrons. The third-order valence-corrected chi connectivity index (χ3v) is 3.23. The Hall–Kier alpha value is -1.06. The van der Waals surface area contributed by atoms with Gasteiger partial charge >= 0.3 is 0 Å². The monoisotopic (exact) mass is 255 g/mol. The van der Waals surface area contributed by atoms with E-state index in [9.17, 15) is 4.79 Å². The summed E-state index contributed by atoms with van der Waals surface area (Å²) in [5, 5.41) is 11.6. The van der Waals surface area contributed by atoms with Crippen molar-refractivity contribution in [1.29, 1.82) is 0 Å². The third kappa shape index (κ3) is 4.02. The molecular weight excluding hydrogens is 238 g/mol. The Morgan fingerprint density at radius 1 is 1.35 bits per heavy atom. The summed E-state index contributed by atoms with van der Waals surface area (Å²) in [6, 6.07) is 7.43. The minimum Gasteiger partial charge on any atom is -0.396 e. The maximum atomic E-state index is 11.8. The number of halogens is 1. The minimum atomic E-state index is -0.578. The predicted octanol–water partition coefficient (Wildman–Crippen LogP) is 2.42. The Balaban J connectivity index is 2.66. The summed E-state index contributed by atoms with van der Waals surface area (Å²) >= 11 is 5.73. The lowest BCUT2D eigenvalue weighted by atomic mass is 9.95. The number of hydrogen-bond acceptors (Lipinski definition) is 2. The summed E-state index contributed by atoms with van der Waals surface area (Å²) in [6.07, 6.45) is 0.626. The number of carbonyl (C=O) groups is 1. The number of aliphatic hydroxyl groups excluding tert-OH is 1. The average Bonchev–Trinajstić information content (AvgIpc) is 2.32. The van der Waals surface area contributed by atoms with Crippen LogP contribution in [0.25, 0.3) is 0 Å². The Labute approximate surface area is 107 Å². The highest BCUT2D eigenvalue weighted by molar-refractivity contribution is 6.20. The molecule has 1 aromatic rings. The first kappa shape index (κ1) is 14.0. The van der Waals surface area contributed by atoms with Crippen molar-refractivity contribution < 1.29 is 9.90 Å². The van der Waals surface area contributed by atoms with E-state index in [2.05, 4.69) is 5.32 Å². The topological polar surface area (TPSA) is 49.3 Å². The number of aliphatic hydroxyl groups is 1. The van der Waals surface area contributed by atoms with Crippen LogP contribution in [0.2, 0.25) is 0 Å². The first-order valence-electron chi connectivity index (χ1n) is 5.57. The minimum absolute atomic E-state index is 0.0950. The fourth-order valence-electron chi connectivity index (χ4n) is 1.24. The summed E-state index contributed by atoms with van der Waals surface area (Å²) in [7, 11) is 0. The van der Waals surface area contributed by atoms with Gasteiger partial charge in [-0.05, 0) is 38.0 Å². The quantitative estimate of drug-likeness (QED) is 0.794. The molecule has 0 aliphatic heterocycles. The van der Waals surface area contributed by atoms with Crippen LogP contribution < -0.4 is 5.32 Å².